The van der Waals surface area contributed by atoms with E-state index in [1.54, 1.807) is 36.4 Å². The average molecular weight is 425 g/mol. The van der Waals surface area contributed by atoms with E-state index in [2.05, 4.69) is 10.6 Å². The molecule has 0 spiro atoms. The molecule has 168 valence electrons. The van der Waals surface area contributed by atoms with Gasteiger partial charge in [-0.15, -0.1) is 0 Å². The van der Waals surface area contributed by atoms with Crippen LogP contribution in [0.5, 0.6) is 0 Å². The van der Waals surface area contributed by atoms with Crippen LogP contribution in [0.15, 0.2) is 48.5 Å². The van der Waals surface area contributed by atoms with Crippen LogP contribution in [0.1, 0.15) is 74.6 Å². The summed E-state index contributed by atoms with van der Waals surface area (Å²) in [6.07, 6.45) is 11.1. The van der Waals surface area contributed by atoms with Gasteiger partial charge in [0, 0.05) is 17.7 Å². The van der Waals surface area contributed by atoms with Gasteiger partial charge in [-0.25, -0.2) is 0 Å². The molecule has 6 nitrogen and oxygen atoms in total. The van der Waals surface area contributed by atoms with Gasteiger partial charge in [-0.3, -0.25) is 9.59 Å². The Labute approximate surface area is 185 Å². The van der Waals surface area contributed by atoms with E-state index in [0.29, 0.717) is 29.0 Å². The lowest BCUT2D eigenvalue weighted by molar-refractivity contribution is -0.116. The monoisotopic (exact) mass is 424 g/mol. The summed E-state index contributed by atoms with van der Waals surface area (Å²) in [5.41, 5.74) is 13.6. The Hall–Kier alpha value is -2.86. The molecule has 0 aliphatic rings. The number of rotatable bonds is 14. The van der Waals surface area contributed by atoms with Crippen LogP contribution in [-0.2, 0) is 4.79 Å². The molecule has 0 fully saturated rings. The van der Waals surface area contributed by atoms with Crippen molar-refractivity contribution >= 4 is 28.9 Å². The van der Waals surface area contributed by atoms with Crippen molar-refractivity contribution < 1.29 is 9.59 Å². The third-order valence-electron chi connectivity index (χ3n) is 5.25. The number of hydrogen-bond donors (Lipinski definition) is 4. The summed E-state index contributed by atoms with van der Waals surface area (Å²) in [5, 5.41) is 5.69. The number of unbranched alkanes of at least 4 members (excludes halogenated alkanes) is 8. The third kappa shape index (κ3) is 9.66. The quantitative estimate of drug-likeness (QED) is 0.243. The van der Waals surface area contributed by atoms with E-state index in [1.165, 1.54) is 38.5 Å². The molecule has 31 heavy (non-hydrogen) atoms. The van der Waals surface area contributed by atoms with Gasteiger partial charge < -0.3 is 22.1 Å². The minimum Gasteiger partial charge on any atom is -0.397 e. The van der Waals surface area contributed by atoms with Crippen LogP contribution in [-0.4, -0.2) is 18.4 Å². The Bertz CT molecular complexity index is 805. The second-order valence-electron chi connectivity index (χ2n) is 7.89. The molecule has 0 bridgehead atoms. The fourth-order valence-electron chi connectivity index (χ4n) is 3.40. The summed E-state index contributed by atoms with van der Waals surface area (Å²) in [6.45, 7) is 0.797. The van der Waals surface area contributed by atoms with E-state index in [4.69, 9.17) is 11.5 Å². The van der Waals surface area contributed by atoms with Gasteiger partial charge in [0.05, 0.1) is 11.4 Å². The third-order valence-corrected chi connectivity index (χ3v) is 5.25. The van der Waals surface area contributed by atoms with Crippen molar-refractivity contribution in [2.24, 2.45) is 5.73 Å². The molecule has 2 rings (SSSR count). The molecular formula is C25H36N4O2. The van der Waals surface area contributed by atoms with E-state index in [9.17, 15) is 9.59 Å². The Balaban J connectivity index is 1.62. The molecule has 0 saturated heterocycles. The number of nitrogens with one attached hydrogen (secondary N) is 2. The fraction of sp³-hybridized carbons (Fsp3) is 0.440. The number of anilines is 3. The SMILES string of the molecule is NCCCCCCCCCCCC(=O)Nc1ccc(C(=O)Nc2ccccc2N)cc1. The van der Waals surface area contributed by atoms with Gasteiger partial charge in [-0.1, -0.05) is 57.1 Å². The molecule has 2 aromatic carbocycles. The minimum atomic E-state index is -0.241. The molecule has 0 unspecified atom stereocenters. The van der Waals surface area contributed by atoms with Crippen molar-refractivity contribution in [1.82, 2.24) is 0 Å². The minimum absolute atomic E-state index is 0.0102. The summed E-state index contributed by atoms with van der Waals surface area (Å²) in [5.74, 6) is -0.230. The van der Waals surface area contributed by atoms with Crippen LogP contribution in [0.2, 0.25) is 0 Å². The van der Waals surface area contributed by atoms with Gasteiger partial charge in [0.25, 0.3) is 5.91 Å². The zero-order chi connectivity index (χ0) is 22.3. The zero-order valence-corrected chi connectivity index (χ0v) is 18.4. The summed E-state index contributed by atoms with van der Waals surface area (Å²) in [6, 6.07) is 14.0. The number of para-hydroxylation sites is 2. The lowest BCUT2D eigenvalue weighted by atomic mass is 10.1. The molecule has 0 aliphatic heterocycles. The molecule has 2 aromatic rings. The van der Waals surface area contributed by atoms with E-state index in [0.717, 1.165) is 25.8 Å². The van der Waals surface area contributed by atoms with Gasteiger partial charge in [-0.05, 0) is 55.8 Å². The summed E-state index contributed by atoms with van der Waals surface area (Å²) >= 11 is 0. The fourth-order valence-corrected chi connectivity index (χ4v) is 3.40. The highest BCUT2D eigenvalue weighted by molar-refractivity contribution is 6.06. The van der Waals surface area contributed by atoms with Crippen molar-refractivity contribution in [1.29, 1.82) is 0 Å². The van der Waals surface area contributed by atoms with Crippen LogP contribution in [0, 0.1) is 0 Å². The summed E-state index contributed by atoms with van der Waals surface area (Å²) in [7, 11) is 0. The van der Waals surface area contributed by atoms with Crippen molar-refractivity contribution in [3.8, 4) is 0 Å². The number of carbonyl (C=O) groups excluding carboxylic acids is 2. The Morgan fingerprint density at radius 2 is 1.29 bits per heavy atom. The predicted octanol–water partition coefficient (Wildman–Crippen LogP) is 5.32. The van der Waals surface area contributed by atoms with E-state index < -0.39 is 0 Å². The van der Waals surface area contributed by atoms with Crippen LogP contribution in [0.3, 0.4) is 0 Å². The first-order chi connectivity index (χ1) is 15.1. The van der Waals surface area contributed by atoms with Crippen LogP contribution in [0.25, 0.3) is 0 Å². The molecule has 0 atom stereocenters. The van der Waals surface area contributed by atoms with Crippen LogP contribution in [0.4, 0.5) is 17.1 Å². The first-order valence-electron chi connectivity index (χ1n) is 11.4. The van der Waals surface area contributed by atoms with Gasteiger partial charge in [0.1, 0.15) is 0 Å². The molecule has 0 heterocycles. The lowest BCUT2D eigenvalue weighted by Crippen LogP contribution is -2.14. The van der Waals surface area contributed by atoms with Crippen molar-refractivity contribution in [2.75, 3.05) is 22.9 Å². The Morgan fingerprint density at radius 1 is 0.710 bits per heavy atom. The summed E-state index contributed by atoms with van der Waals surface area (Å²) in [4.78, 5) is 24.5. The largest absolute Gasteiger partial charge is 0.397 e. The molecule has 0 aliphatic carbocycles. The average Bonchev–Trinajstić information content (AvgIpc) is 2.77. The van der Waals surface area contributed by atoms with Gasteiger partial charge in [-0.2, -0.15) is 0 Å². The first kappa shape index (κ1) is 24.4. The zero-order valence-electron chi connectivity index (χ0n) is 18.4. The maximum atomic E-state index is 12.4. The highest BCUT2D eigenvalue weighted by Gasteiger charge is 2.08. The number of carbonyl (C=O) groups is 2. The van der Waals surface area contributed by atoms with Gasteiger partial charge in [0.15, 0.2) is 0 Å². The maximum absolute atomic E-state index is 12.4. The Kier molecular flexibility index (Phi) is 11.2. The highest BCUT2D eigenvalue weighted by Crippen LogP contribution is 2.19. The van der Waals surface area contributed by atoms with E-state index in [-0.39, 0.29) is 11.8 Å². The normalized spacial score (nSPS) is 10.6. The molecule has 6 heteroatoms. The summed E-state index contributed by atoms with van der Waals surface area (Å²) < 4.78 is 0. The number of nitrogens with two attached hydrogens (primary N) is 2. The highest BCUT2D eigenvalue weighted by atomic mass is 16.2. The number of nitrogen functional groups attached to an aromatic ring is 1. The predicted molar refractivity (Wildman–Crippen MR) is 129 cm³/mol. The molecule has 2 amide bonds. The van der Waals surface area contributed by atoms with Crippen LogP contribution >= 0.6 is 0 Å². The number of amides is 2. The first-order valence-corrected chi connectivity index (χ1v) is 11.4. The van der Waals surface area contributed by atoms with E-state index in [1.807, 2.05) is 12.1 Å². The molecular weight excluding hydrogens is 388 g/mol. The molecule has 0 radical (unpaired) electrons. The van der Waals surface area contributed by atoms with Crippen molar-refractivity contribution in [3.05, 3.63) is 54.1 Å². The second-order valence-corrected chi connectivity index (χ2v) is 7.89. The van der Waals surface area contributed by atoms with Gasteiger partial charge >= 0.3 is 0 Å². The molecule has 0 saturated carbocycles. The molecule has 0 aromatic heterocycles. The number of benzene rings is 2. The van der Waals surface area contributed by atoms with Crippen LogP contribution < -0.4 is 22.1 Å². The van der Waals surface area contributed by atoms with Crippen molar-refractivity contribution in [3.63, 3.8) is 0 Å². The second kappa shape index (κ2) is 14.2. The maximum Gasteiger partial charge on any atom is 0.255 e. The standard InChI is InChI=1S/C25H36N4O2/c26-19-11-7-5-3-1-2-4-6-8-14-24(30)28-21-17-15-20(16-18-21)25(31)29-23-13-10-9-12-22(23)27/h9-10,12-13,15-18H,1-8,11,14,19,26-27H2,(H,28,30)(H,29,31). The Morgan fingerprint density at radius 3 is 1.90 bits per heavy atom. The lowest BCUT2D eigenvalue weighted by Gasteiger charge is -2.09. The number of hydrogen-bond acceptors (Lipinski definition) is 4. The van der Waals surface area contributed by atoms with E-state index >= 15 is 0 Å². The smallest absolute Gasteiger partial charge is 0.255 e. The molecule has 6 N–H and O–H groups in total. The van der Waals surface area contributed by atoms with Gasteiger partial charge in [0.2, 0.25) is 5.91 Å². The van der Waals surface area contributed by atoms with Crippen molar-refractivity contribution in [2.45, 2.75) is 64.2 Å². The topological polar surface area (TPSA) is 110 Å².